The van der Waals surface area contributed by atoms with Crippen LogP contribution < -0.4 is 14.8 Å². The summed E-state index contributed by atoms with van der Waals surface area (Å²) in [4.78, 5) is 12.3. The minimum atomic E-state index is -0.0987. The van der Waals surface area contributed by atoms with Crippen LogP contribution in [0.5, 0.6) is 11.5 Å². The number of ether oxygens (including phenoxy) is 2. The standard InChI is InChI=1S/C20H25NO3/c1-4-14-24-19-12-8-17(9-13-19)20(22)21-15(3)16-6-10-18(11-7-16)23-5-2/h6-13,15H,4-5,14H2,1-3H3,(H,21,22)/t15-/m1/s1. The van der Waals surface area contributed by atoms with Crippen molar-refractivity contribution in [1.82, 2.24) is 5.32 Å². The van der Waals surface area contributed by atoms with E-state index >= 15 is 0 Å². The van der Waals surface area contributed by atoms with Gasteiger partial charge in [-0.25, -0.2) is 0 Å². The average molecular weight is 327 g/mol. The summed E-state index contributed by atoms with van der Waals surface area (Å²) < 4.78 is 11.0. The van der Waals surface area contributed by atoms with Gasteiger partial charge >= 0.3 is 0 Å². The summed E-state index contributed by atoms with van der Waals surface area (Å²) in [6.45, 7) is 7.30. The fourth-order valence-electron chi connectivity index (χ4n) is 2.31. The molecule has 4 nitrogen and oxygen atoms in total. The second-order valence-corrected chi connectivity index (χ2v) is 5.57. The molecule has 0 saturated carbocycles. The summed E-state index contributed by atoms with van der Waals surface area (Å²) in [5, 5.41) is 3.01. The lowest BCUT2D eigenvalue weighted by Crippen LogP contribution is -2.26. The van der Waals surface area contributed by atoms with Crippen LogP contribution in [-0.2, 0) is 0 Å². The maximum absolute atomic E-state index is 12.3. The van der Waals surface area contributed by atoms with E-state index in [1.807, 2.05) is 50.2 Å². The van der Waals surface area contributed by atoms with Gasteiger partial charge in [0.2, 0.25) is 0 Å². The third kappa shape index (κ3) is 5.01. The molecule has 4 heteroatoms. The smallest absolute Gasteiger partial charge is 0.251 e. The van der Waals surface area contributed by atoms with Gasteiger partial charge < -0.3 is 14.8 Å². The molecule has 0 aromatic heterocycles. The van der Waals surface area contributed by atoms with Crippen molar-refractivity contribution in [2.75, 3.05) is 13.2 Å². The molecule has 0 saturated heterocycles. The van der Waals surface area contributed by atoms with Crippen molar-refractivity contribution in [2.45, 2.75) is 33.2 Å². The van der Waals surface area contributed by atoms with Crippen LogP contribution in [0.4, 0.5) is 0 Å². The molecule has 2 aromatic rings. The van der Waals surface area contributed by atoms with Crippen molar-refractivity contribution in [2.24, 2.45) is 0 Å². The molecular weight excluding hydrogens is 302 g/mol. The lowest BCUT2D eigenvalue weighted by atomic mass is 10.1. The van der Waals surface area contributed by atoms with E-state index < -0.39 is 0 Å². The van der Waals surface area contributed by atoms with Crippen LogP contribution in [0, 0.1) is 0 Å². The SMILES string of the molecule is CCCOc1ccc(C(=O)N[C@H](C)c2ccc(OCC)cc2)cc1. The van der Waals surface area contributed by atoms with Gasteiger partial charge in [0.1, 0.15) is 11.5 Å². The normalized spacial score (nSPS) is 11.6. The van der Waals surface area contributed by atoms with Crippen LogP contribution in [0.15, 0.2) is 48.5 Å². The summed E-state index contributed by atoms with van der Waals surface area (Å²) in [5.41, 5.74) is 1.66. The van der Waals surface area contributed by atoms with Crippen LogP contribution in [0.3, 0.4) is 0 Å². The Bertz CT molecular complexity index is 635. The molecule has 0 aliphatic heterocycles. The van der Waals surface area contributed by atoms with Crippen molar-refractivity contribution >= 4 is 5.91 Å². The number of amides is 1. The van der Waals surface area contributed by atoms with Crippen molar-refractivity contribution < 1.29 is 14.3 Å². The first-order chi connectivity index (χ1) is 11.6. The molecule has 0 aliphatic rings. The minimum Gasteiger partial charge on any atom is -0.494 e. The van der Waals surface area contributed by atoms with Gasteiger partial charge in [-0.1, -0.05) is 19.1 Å². The number of hydrogen-bond donors (Lipinski definition) is 1. The average Bonchev–Trinajstić information content (AvgIpc) is 2.61. The number of carbonyl (C=O) groups is 1. The Balaban J connectivity index is 1.95. The lowest BCUT2D eigenvalue weighted by molar-refractivity contribution is 0.0940. The van der Waals surface area contributed by atoms with Crippen LogP contribution in [0.2, 0.25) is 0 Å². The first-order valence-corrected chi connectivity index (χ1v) is 8.40. The van der Waals surface area contributed by atoms with E-state index in [-0.39, 0.29) is 11.9 Å². The van der Waals surface area contributed by atoms with E-state index in [0.717, 1.165) is 23.5 Å². The van der Waals surface area contributed by atoms with Gasteiger partial charge in [-0.3, -0.25) is 4.79 Å². The summed E-state index contributed by atoms with van der Waals surface area (Å²) in [6, 6.07) is 14.9. The van der Waals surface area contributed by atoms with Crippen LogP contribution >= 0.6 is 0 Å². The molecule has 0 unspecified atom stereocenters. The van der Waals surface area contributed by atoms with E-state index in [4.69, 9.17) is 9.47 Å². The topological polar surface area (TPSA) is 47.6 Å². The number of benzene rings is 2. The highest BCUT2D eigenvalue weighted by Gasteiger charge is 2.11. The van der Waals surface area contributed by atoms with Gasteiger partial charge in [0.25, 0.3) is 5.91 Å². The zero-order chi connectivity index (χ0) is 17.4. The molecule has 0 fully saturated rings. The lowest BCUT2D eigenvalue weighted by Gasteiger charge is -2.15. The Hall–Kier alpha value is -2.49. The van der Waals surface area contributed by atoms with Gasteiger partial charge in [0.05, 0.1) is 19.3 Å². The minimum absolute atomic E-state index is 0.0794. The molecule has 1 atom stereocenters. The number of rotatable bonds is 8. The molecule has 128 valence electrons. The molecule has 2 rings (SSSR count). The van der Waals surface area contributed by atoms with Gasteiger partial charge in [0.15, 0.2) is 0 Å². The number of carbonyl (C=O) groups excluding carboxylic acids is 1. The largest absolute Gasteiger partial charge is 0.494 e. The second-order valence-electron chi connectivity index (χ2n) is 5.57. The van der Waals surface area contributed by atoms with Crippen molar-refractivity contribution in [3.8, 4) is 11.5 Å². The summed E-state index contributed by atoms with van der Waals surface area (Å²) in [5.74, 6) is 1.52. The summed E-state index contributed by atoms with van der Waals surface area (Å²) in [7, 11) is 0. The Morgan fingerprint density at radius 3 is 2.12 bits per heavy atom. The number of hydrogen-bond acceptors (Lipinski definition) is 3. The maximum atomic E-state index is 12.3. The zero-order valence-electron chi connectivity index (χ0n) is 14.5. The Morgan fingerprint density at radius 1 is 0.958 bits per heavy atom. The second kappa shape index (κ2) is 8.96. The highest BCUT2D eigenvalue weighted by Crippen LogP contribution is 2.19. The first-order valence-electron chi connectivity index (χ1n) is 8.40. The number of nitrogens with one attached hydrogen (secondary N) is 1. The van der Waals surface area contributed by atoms with E-state index in [9.17, 15) is 4.79 Å². The molecular formula is C20H25NO3. The van der Waals surface area contributed by atoms with E-state index in [1.165, 1.54) is 0 Å². The molecule has 0 heterocycles. The van der Waals surface area contributed by atoms with E-state index in [0.29, 0.717) is 18.8 Å². The molecule has 0 spiro atoms. The molecule has 0 bridgehead atoms. The predicted octanol–water partition coefficient (Wildman–Crippen LogP) is 4.37. The Morgan fingerprint density at radius 2 is 1.54 bits per heavy atom. The molecule has 24 heavy (non-hydrogen) atoms. The third-order valence-electron chi connectivity index (χ3n) is 3.63. The summed E-state index contributed by atoms with van der Waals surface area (Å²) in [6.07, 6.45) is 0.960. The van der Waals surface area contributed by atoms with Gasteiger partial charge in [-0.15, -0.1) is 0 Å². The van der Waals surface area contributed by atoms with Crippen LogP contribution in [0.25, 0.3) is 0 Å². The third-order valence-corrected chi connectivity index (χ3v) is 3.63. The van der Waals surface area contributed by atoms with Crippen molar-refractivity contribution in [3.63, 3.8) is 0 Å². The molecule has 0 aliphatic carbocycles. The maximum Gasteiger partial charge on any atom is 0.251 e. The zero-order valence-corrected chi connectivity index (χ0v) is 14.5. The van der Waals surface area contributed by atoms with Crippen molar-refractivity contribution in [1.29, 1.82) is 0 Å². The van der Waals surface area contributed by atoms with Crippen molar-refractivity contribution in [3.05, 3.63) is 59.7 Å². The fourth-order valence-corrected chi connectivity index (χ4v) is 2.31. The molecule has 1 N–H and O–H groups in total. The van der Waals surface area contributed by atoms with Gasteiger partial charge in [0, 0.05) is 5.56 Å². The Kier molecular flexibility index (Phi) is 6.67. The van der Waals surface area contributed by atoms with Gasteiger partial charge in [-0.05, 0) is 62.2 Å². The summed E-state index contributed by atoms with van der Waals surface area (Å²) >= 11 is 0. The molecule has 0 radical (unpaired) electrons. The quantitative estimate of drug-likeness (QED) is 0.783. The fraction of sp³-hybridized carbons (Fsp3) is 0.350. The molecule has 1 amide bonds. The Labute approximate surface area is 143 Å². The predicted molar refractivity (Wildman–Crippen MR) is 95.7 cm³/mol. The first kappa shape index (κ1) is 17.9. The molecule has 2 aromatic carbocycles. The highest BCUT2D eigenvalue weighted by molar-refractivity contribution is 5.94. The highest BCUT2D eigenvalue weighted by atomic mass is 16.5. The van der Waals surface area contributed by atoms with E-state index in [1.54, 1.807) is 12.1 Å². The van der Waals surface area contributed by atoms with Gasteiger partial charge in [-0.2, -0.15) is 0 Å². The monoisotopic (exact) mass is 327 g/mol. The van der Waals surface area contributed by atoms with Crippen LogP contribution in [-0.4, -0.2) is 19.1 Å². The van der Waals surface area contributed by atoms with Crippen LogP contribution in [0.1, 0.15) is 49.2 Å². The van der Waals surface area contributed by atoms with E-state index in [2.05, 4.69) is 12.2 Å².